The molecule has 8 nitrogen and oxygen atoms in total. The van der Waals surface area contributed by atoms with Crippen molar-refractivity contribution < 1.29 is 28.9 Å². The third kappa shape index (κ3) is 5.28. The van der Waals surface area contributed by atoms with Crippen LogP contribution in [0.4, 0.5) is 0 Å². The van der Waals surface area contributed by atoms with Gasteiger partial charge in [-0.05, 0) is 6.42 Å². The van der Waals surface area contributed by atoms with Crippen molar-refractivity contribution in [2.75, 3.05) is 13.3 Å². The molecule has 0 spiro atoms. The molecule has 0 aliphatic carbocycles. The van der Waals surface area contributed by atoms with Crippen LogP contribution in [-0.4, -0.2) is 35.6 Å². The van der Waals surface area contributed by atoms with E-state index in [2.05, 4.69) is 9.20 Å². The second-order valence-corrected chi connectivity index (χ2v) is 4.53. The molecule has 14 heavy (non-hydrogen) atoms. The Morgan fingerprint density at radius 3 is 2.43 bits per heavy atom. The lowest BCUT2D eigenvalue weighted by Crippen LogP contribution is -2.31. The summed E-state index contributed by atoms with van der Waals surface area (Å²) in [7, 11) is -2.48. The third-order valence-electron chi connectivity index (χ3n) is 1.43. The molecule has 0 aromatic rings. The Labute approximate surface area is 81.0 Å². The van der Waals surface area contributed by atoms with E-state index in [1.54, 1.807) is 0 Å². The topological polar surface area (TPSA) is 154 Å². The number of hydrogen-bond acceptors (Lipinski definition) is 7. The van der Waals surface area contributed by atoms with Gasteiger partial charge in [-0.3, -0.25) is 9.36 Å². The molecule has 0 amide bonds. The number of carboxylic acids is 1. The van der Waals surface area contributed by atoms with E-state index in [0.717, 1.165) is 7.11 Å². The molecule has 2 atom stereocenters. The van der Waals surface area contributed by atoms with Crippen molar-refractivity contribution >= 4 is 13.6 Å². The van der Waals surface area contributed by atoms with Crippen LogP contribution < -0.4 is 11.9 Å². The maximum atomic E-state index is 11.1. The summed E-state index contributed by atoms with van der Waals surface area (Å²) in [6.45, 7) is 0. The van der Waals surface area contributed by atoms with Crippen molar-refractivity contribution in [3.8, 4) is 0 Å². The molecule has 0 aliphatic rings. The molecule has 0 radical (unpaired) electrons. The van der Waals surface area contributed by atoms with Crippen molar-refractivity contribution in [1.29, 1.82) is 0 Å². The highest BCUT2D eigenvalue weighted by Gasteiger charge is 2.25. The molecule has 7 N–H and O–H groups in total. The molecular weight excluding hydrogens is 215 g/mol. The van der Waals surface area contributed by atoms with Gasteiger partial charge in [0.1, 0.15) is 6.04 Å². The van der Waals surface area contributed by atoms with Crippen molar-refractivity contribution in [3.63, 3.8) is 0 Å². The molecule has 86 valence electrons. The van der Waals surface area contributed by atoms with Crippen LogP contribution in [0.15, 0.2) is 0 Å². The Morgan fingerprint density at radius 1 is 1.64 bits per heavy atom. The van der Waals surface area contributed by atoms with Gasteiger partial charge in [0.25, 0.3) is 0 Å². The quantitative estimate of drug-likeness (QED) is 0.288. The molecule has 0 fully saturated rings. The first kappa shape index (κ1) is 15.9. The number of hydrogen-bond donors (Lipinski definition) is 4. The smallest absolute Gasteiger partial charge is 0.357 e. The number of aliphatic carboxylic acids is 1. The fourth-order valence-corrected chi connectivity index (χ4v) is 1.51. The number of carbonyl (C=O) groups is 1. The summed E-state index contributed by atoms with van der Waals surface area (Å²) >= 11 is 0. The number of carboxylic acid groups (broad SMARTS) is 1. The zero-order valence-corrected chi connectivity index (χ0v) is 8.65. The highest BCUT2D eigenvalue weighted by atomic mass is 31.2. The van der Waals surface area contributed by atoms with Gasteiger partial charge in [0.15, 0.2) is 0 Å². The molecule has 9 heteroatoms. The predicted octanol–water partition coefficient (Wildman–Crippen LogP) is 0.280. The fraction of sp³-hybridized carbons (Fsp3) is 0.800. The average Bonchev–Trinajstić information content (AvgIpc) is 2.13. The first-order valence-electron chi connectivity index (χ1n) is 3.41. The van der Waals surface area contributed by atoms with E-state index in [1.165, 1.54) is 0 Å². The van der Waals surface area contributed by atoms with E-state index in [4.69, 9.17) is 16.1 Å². The van der Waals surface area contributed by atoms with Crippen LogP contribution in [0, 0.1) is 0 Å². The van der Waals surface area contributed by atoms with Crippen LogP contribution in [0.1, 0.15) is 6.42 Å². The van der Waals surface area contributed by atoms with E-state index in [0.29, 0.717) is 0 Å². The monoisotopic (exact) mass is 230 g/mol. The Kier molecular flexibility index (Phi) is 7.84. The molecule has 0 bridgehead atoms. The van der Waals surface area contributed by atoms with Gasteiger partial charge >= 0.3 is 13.6 Å². The van der Waals surface area contributed by atoms with Crippen LogP contribution in [0.2, 0.25) is 0 Å². The first-order valence-corrected chi connectivity index (χ1v) is 5.14. The van der Waals surface area contributed by atoms with Gasteiger partial charge in [0.2, 0.25) is 0 Å². The van der Waals surface area contributed by atoms with E-state index < -0.39 is 19.6 Å². The highest BCUT2D eigenvalue weighted by Crippen LogP contribution is 2.46. The largest absolute Gasteiger partial charge is 0.480 e. The van der Waals surface area contributed by atoms with Crippen LogP contribution in [0.5, 0.6) is 0 Å². The molecule has 0 aliphatic heterocycles. The zero-order valence-electron chi connectivity index (χ0n) is 7.75. The molecular formula is C5H15N2O6P. The maximum Gasteiger partial charge on any atom is 0.357 e. The molecule has 2 unspecified atom stereocenters. The van der Waals surface area contributed by atoms with Gasteiger partial charge < -0.3 is 21.5 Å². The van der Waals surface area contributed by atoms with Gasteiger partial charge in [-0.15, -0.1) is 0 Å². The minimum Gasteiger partial charge on any atom is -0.480 e. The lowest BCUT2D eigenvalue weighted by molar-refractivity contribution is -0.147. The standard InChI is InChI=1S/C5H12NO6P.H3N/c1-11-13(10,12-9)3-2-4(6)5(7)8;/h4,9H,2-3,6H2,1H3,(H,7,8);1H3. The average molecular weight is 230 g/mol. The summed E-state index contributed by atoms with van der Waals surface area (Å²) in [6.07, 6.45) is -0.339. The number of rotatable bonds is 6. The second kappa shape index (κ2) is 6.88. The summed E-state index contributed by atoms with van der Waals surface area (Å²) in [4.78, 5) is 10.2. The van der Waals surface area contributed by atoms with Crippen molar-refractivity contribution in [3.05, 3.63) is 0 Å². The van der Waals surface area contributed by atoms with Gasteiger partial charge in [-0.25, -0.2) is 5.26 Å². The van der Waals surface area contributed by atoms with E-state index in [9.17, 15) is 9.36 Å². The molecule has 0 saturated heterocycles. The maximum absolute atomic E-state index is 11.1. The normalized spacial score (nSPS) is 16.5. The van der Waals surface area contributed by atoms with E-state index in [-0.39, 0.29) is 18.7 Å². The van der Waals surface area contributed by atoms with E-state index >= 15 is 0 Å². The predicted molar refractivity (Wildman–Crippen MR) is 48.4 cm³/mol. The molecule has 0 heterocycles. The molecule has 0 saturated carbocycles. The first-order chi connectivity index (χ1) is 5.95. The minimum atomic E-state index is -3.56. The highest BCUT2D eigenvalue weighted by molar-refractivity contribution is 7.53. The van der Waals surface area contributed by atoms with Crippen LogP contribution in [0.3, 0.4) is 0 Å². The summed E-state index contributed by atoms with van der Waals surface area (Å²) < 4.78 is 19.1. The van der Waals surface area contributed by atoms with Gasteiger partial charge in [-0.1, -0.05) is 0 Å². The van der Waals surface area contributed by atoms with Gasteiger partial charge in [0.05, 0.1) is 6.16 Å². The Hall–Kier alpha value is -0.500. The van der Waals surface area contributed by atoms with Crippen molar-refractivity contribution in [1.82, 2.24) is 6.15 Å². The Bertz CT molecular complexity index is 214. The van der Waals surface area contributed by atoms with Gasteiger partial charge in [-0.2, -0.15) is 4.67 Å². The van der Waals surface area contributed by atoms with Gasteiger partial charge in [0, 0.05) is 7.11 Å². The molecule has 0 aromatic heterocycles. The lowest BCUT2D eigenvalue weighted by atomic mass is 10.2. The van der Waals surface area contributed by atoms with Crippen LogP contribution >= 0.6 is 7.60 Å². The molecule has 0 aromatic carbocycles. The Morgan fingerprint density at radius 2 is 2.14 bits per heavy atom. The molecule has 0 rings (SSSR count). The Balaban J connectivity index is 0. The summed E-state index contributed by atoms with van der Waals surface area (Å²) in [6, 6.07) is -1.14. The zero-order chi connectivity index (χ0) is 10.5. The summed E-state index contributed by atoms with van der Waals surface area (Å²) in [5.74, 6) is -1.21. The van der Waals surface area contributed by atoms with Crippen LogP contribution in [-0.2, 0) is 18.6 Å². The minimum absolute atomic E-state index is 0. The lowest BCUT2D eigenvalue weighted by Gasteiger charge is -2.12. The van der Waals surface area contributed by atoms with E-state index in [1.807, 2.05) is 0 Å². The SMILES string of the molecule is COP(=O)(CCC(N)C(=O)O)OO.N. The van der Waals surface area contributed by atoms with Crippen molar-refractivity contribution in [2.24, 2.45) is 5.73 Å². The summed E-state index contributed by atoms with van der Waals surface area (Å²) in [5, 5.41) is 16.5. The van der Waals surface area contributed by atoms with Crippen molar-refractivity contribution in [2.45, 2.75) is 12.5 Å². The van der Waals surface area contributed by atoms with Crippen LogP contribution in [0.25, 0.3) is 0 Å². The fourth-order valence-electron chi connectivity index (χ4n) is 0.586. The number of nitrogens with two attached hydrogens (primary N) is 1. The third-order valence-corrected chi connectivity index (χ3v) is 3.04. The summed E-state index contributed by atoms with van der Waals surface area (Å²) in [5.41, 5.74) is 5.12. The second-order valence-electron chi connectivity index (χ2n) is 2.33.